The highest BCUT2D eigenvalue weighted by atomic mass is 19.1. The summed E-state index contributed by atoms with van der Waals surface area (Å²) in [6.07, 6.45) is 2.61. The Hall–Kier alpha value is -0.230. The van der Waals surface area contributed by atoms with Gasteiger partial charge >= 0.3 is 0 Å². The van der Waals surface area contributed by atoms with Gasteiger partial charge in [0.05, 0.1) is 18.8 Å². The zero-order valence-corrected chi connectivity index (χ0v) is 18.0. The van der Waals surface area contributed by atoms with E-state index in [9.17, 15) is 4.39 Å². The Labute approximate surface area is 156 Å². The molecule has 0 bridgehead atoms. The Bertz CT molecular complexity index is 323. The molecule has 25 heavy (non-hydrogen) atoms. The van der Waals surface area contributed by atoms with E-state index in [0.29, 0.717) is 31.7 Å². The van der Waals surface area contributed by atoms with Crippen LogP contribution in [0.4, 0.5) is 4.39 Å². The van der Waals surface area contributed by atoms with E-state index < -0.39 is 6.17 Å². The third-order valence-electron chi connectivity index (χ3n) is 4.53. The smallest absolute Gasteiger partial charge is 0.114 e. The van der Waals surface area contributed by atoms with Gasteiger partial charge in [-0.1, -0.05) is 13.8 Å². The van der Waals surface area contributed by atoms with Crippen LogP contribution in [0.1, 0.15) is 60.8 Å². The molecule has 0 aromatic rings. The summed E-state index contributed by atoms with van der Waals surface area (Å²) in [6.45, 7) is 16.4. The van der Waals surface area contributed by atoms with Gasteiger partial charge in [-0.25, -0.2) is 4.39 Å². The Balaban J connectivity index is 0.000000421. The summed E-state index contributed by atoms with van der Waals surface area (Å²) in [7, 11) is 4.13. The van der Waals surface area contributed by atoms with Crippen molar-refractivity contribution in [2.75, 3.05) is 47.0 Å². The number of likely N-dealkylation sites (N-methyl/N-ethyl adjacent to an activating group) is 2. The fraction of sp³-hybridized carbons (Fsp3) is 1.00. The second-order valence-electron chi connectivity index (χ2n) is 7.79. The van der Waals surface area contributed by atoms with Crippen LogP contribution in [0.15, 0.2) is 0 Å². The lowest BCUT2D eigenvalue weighted by molar-refractivity contribution is -0.0251. The van der Waals surface area contributed by atoms with Crippen molar-refractivity contribution in [2.45, 2.75) is 84.7 Å². The summed E-state index contributed by atoms with van der Waals surface area (Å²) in [5.74, 6) is 0. The third-order valence-corrected chi connectivity index (χ3v) is 4.53. The molecule has 0 aromatic carbocycles. The highest BCUT2D eigenvalue weighted by molar-refractivity contribution is 4.82. The number of hydrogen-bond acceptors (Lipinski definition) is 4. The molecule has 0 amide bonds. The summed E-state index contributed by atoms with van der Waals surface area (Å²) in [6, 6.07) is 0.953. The van der Waals surface area contributed by atoms with Crippen LogP contribution in [0.25, 0.3) is 0 Å². The topological polar surface area (TPSA) is 24.9 Å². The Morgan fingerprint density at radius 3 is 2.08 bits per heavy atom. The zero-order chi connectivity index (χ0) is 19.5. The fourth-order valence-corrected chi connectivity index (χ4v) is 3.00. The van der Waals surface area contributed by atoms with Crippen molar-refractivity contribution in [3.8, 4) is 0 Å². The molecule has 5 heteroatoms. The van der Waals surface area contributed by atoms with E-state index in [1.165, 1.54) is 19.4 Å². The second kappa shape index (κ2) is 13.0. The molecular weight excluding hydrogens is 319 g/mol. The van der Waals surface area contributed by atoms with Crippen LogP contribution in [0.5, 0.6) is 0 Å². The van der Waals surface area contributed by atoms with Crippen molar-refractivity contribution in [3.63, 3.8) is 0 Å². The number of nitrogens with zero attached hydrogens (tertiary/aromatic N) is 2. The molecule has 2 rings (SSSR count). The largest absolute Gasteiger partial charge is 0.380 e. The van der Waals surface area contributed by atoms with Crippen LogP contribution in [0, 0.1) is 0 Å². The van der Waals surface area contributed by atoms with Crippen LogP contribution in [0.2, 0.25) is 0 Å². The minimum Gasteiger partial charge on any atom is -0.380 e. The third kappa shape index (κ3) is 11.2. The molecule has 152 valence electrons. The van der Waals surface area contributed by atoms with Gasteiger partial charge in [-0.05, 0) is 67.6 Å². The second-order valence-corrected chi connectivity index (χ2v) is 7.79. The van der Waals surface area contributed by atoms with Crippen molar-refractivity contribution < 1.29 is 13.9 Å². The molecule has 0 saturated carbocycles. The van der Waals surface area contributed by atoms with Crippen LogP contribution in [-0.4, -0.2) is 80.7 Å². The molecule has 2 heterocycles. The summed E-state index contributed by atoms with van der Waals surface area (Å²) >= 11 is 0. The van der Waals surface area contributed by atoms with Gasteiger partial charge in [0.1, 0.15) is 6.17 Å². The van der Waals surface area contributed by atoms with Crippen LogP contribution >= 0.6 is 0 Å². The van der Waals surface area contributed by atoms with E-state index in [4.69, 9.17) is 9.47 Å². The Morgan fingerprint density at radius 2 is 1.68 bits per heavy atom. The van der Waals surface area contributed by atoms with Crippen LogP contribution in [0.3, 0.4) is 0 Å². The van der Waals surface area contributed by atoms with Gasteiger partial charge in [0.25, 0.3) is 0 Å². The van der Waals surface area contributed by atoms with Gasteiger partial charge in [0, 0.05) is 25.2 Å². The standard InChI is InChI=1S/C10H21NO.C8H16FNO.C2H6/c1-10(2,3)12-8-9-6-5-7-11(9)4;1-3-11-6-8-4-7(9)5-10(8)2;1-2/h9H,5-8H2,1-4H3;7-8H,3-6H2,1-2H3;1-2H3. The highest BCUT2D eigenvalue weighted by Gasteiger charge is 2.28. The average Bonchev–Trinajstić information content (AvgIpc) is 3.10. The van der Waals surface area contributed by atoms with Crippen LogP contribution < -0.4 is 0 Å². The lowest BCUT2D eigenvalue weighted by atomic mass is 10.2. The molecule has 3 atom stereocenters. The number of ether oxygens (including phenoxy) is 2. The first-order valence-electron chi connectivity index (χ1n) is 9.99. The molecule has 3 unspecified atom stereocenters. The predicted octanol–water partition coefficient (Wildman–Crippen LogP) is 3.99. The lowest BCUT2D eigenvalue weighted by Gasteiger charge is -2.25. The average molecular weight is 363 g/mol. The van der Waals surface area contributed by atoms with Gasteiger partial charge < -0.3 is 14.4 Å². The van der Waals surface area contributed by atoms with Gasteiger partial charge in [-0.15, -0.1) is 0 Å². The van der Waals surface area contributed by atoms with Crippen molar-refractivity contribution in [1.82, 2.24) is 9.80 Å². The van der Waals surface area contributed by atoms with Crippen LogP contribution in [-0.2, 0) is 9.47 Å². The van der Waals surface area contributed by atoms with E-state index >= 15 is 0 Å². The van der Waals surface area contributed by atoms with Gasteiger partial charge in [0.15, 0.2) is 0 Å². The first-order valence-corrected chi connectivity index (χ1v) is 9.99. The zero-order valence-electron chi connectivity index (χ0n) is 18.0. The molecule has 0 spiro atoms. The molecule has 2 aliphatic heterocycles. The van der Waals surface area contributed by atoms with Gasteiger partial charge in [-0.2, -0.15) is 0 Å². The predicted molar refractivity (Wildman–Crippen MR) is 105 cm³/mol. The summed E-state index contributed by atoms with van der Waals surface area (Å²) in [4.78, 5) is 4.42. The van der Waals surface area contributed by atoms with Crippen molar-refractivity contribution in [3.05, 3.63) is 0 Å². The van der Waals surface area contributed by atoms with Crippen molar-refractivity contribution in [2.24, 2.45) is 0 Å². The number of halogens is 1. The maximum absolute atomic E-state index is 12.8. The van der Waals surface area contributed by atoms with E-state index in [0.717, 1.165) is 13.2 Å². The van der Waals surface area contributed by atoms with Gasteiger partial charge in [0.2, 0.25) is 0 Å². The van der Waals surface area contributed by atoms with Crippen molar-refractivity contribution in [1.29, 1.82) is 0 Å². The quantitative estimate of drug-likeness (QED) is 0.738. The maximum atomic E-state index is 12.8. The molecule has 0 N–H and O–H groups in total. The minimum absolute atomic E-state index is 0.0173. The molecule has 2 aliphatic rings. The normalized spacial score (nSPS) is 27.5. The lowest BCUT2D eigenvalue weighted by Crippen LogP contribution is -2.33. The summed E-state index contributed by atoms with van der Waals surface area (Å²) < 4.78 is 23.7. The van der Waals surface area contributed by atoms with E-state index in [1.807, 2.05) is 32.7 Å². The molecule has 2 fully saturated rings. The Morgan fingerprint density at radius 1 is 1.04 bits per heavy atom. The van der Waals surface area contributed by atoms with E-state index in [2.05, 4.69) is 32.7 Å². The first-order chi connectivity index (χ1) is 11.7. The number of rotatable bonds is 5. The van der Waals surface area contributed by atoms with Crippen molar-refractivity contribution >= 4 is 0 Å². The van der Waals surface area contributed by atoms with Gasteiger partial charge in [-0.3, -0.25) is 4.90 Å². The van der Waals surface area contributed by atoms with E-state index in [-0.39, 0.29) is 5.60 Å². The molecule has 2 saturated heterocycles. The number of hydrogen-bond donors (Lipinski definition) is 0. The SMILES string of the molecule is CC.CCOCC1CC(F)CN1C.CN1CCCC1COC(C)(C)C. The summed E-state index contributed by atoms with van der Waals surface area (Å²) in [5.41, 5.74) is 0.0173. The number of alkyl halides is 1. The van der Waals surface area contributed by atoms with E-state index in [1.54, 1.807) is 0 Å². The molecular formula is C20H43FN2O2. The first kappa shape index (κ1) is 24.8. The Kier molecular flexibility index (Phi) is 12.9. The molecule has 0 aromatic heterocycles. The highest BCUT2D eigenvalue weighted by Crippen LogP contribution is 2.18. The maximum Gasteiger partial charge on any atom is 0.114 e. The minimum atomic E-state index is -0.648. The fourth-order valence-electron chi connectivity index (χ4n) is 3.00. The molecule has 4 nitrogen and oxygen atoms in total. The monoisotopic (exact) mass is 362 g/mol. The number of likely N-dealkylation sites (tertiary alicyclic amines) is 2. The molecule has 0 aliphatic carbocycles. The summed E-state index contributed by atoms with van der Waals surface area (Å²) in [5, 5.41) is 0. The molecule has 0 radical (unpaired) electrons.